The fourth-order valence-corrected chi connectivity index (χ4v) is 3.20. The largest absolute Gasteiger partial charge is 0.364 e. The second-order valence-electron chi connectivity index (χ2n) is 5.81. The molecule has 0 heterocycles. The highest BCUT2D eigenvalue weighted by Gasteiger charge is 2.26. The van der Waals surface area contributed by atoms with Crippen LogP contribution in [0.2, 0.25) is 0 Å². The Balaban J connectivity index is 2.30. The summed E-state index contributed by atoms with van der Waals surface area (Å²) in [5, 5.41) is 0. The Morgan fingerprint density at radius 1 is 1.25 bits per heavy atom. The lowest BCUT2D eigenvalue weighted by Crippen LogP contribution is -2.34. The quantitative estimate of drug-likeness (QED) is 0.893. The second kappa shape index (κ2) is 6.53. The van der Waals surface area contributed by atoms with Crippen molar-refractivity contribution in [2.45, 2.75) is 58.0 Å². The fraction of sp³-hybridized carbons (Fsp3) is 0.625. The van der Waals surface area contributed by atoms with Crippen LogP contribution in [0.15, 0.2) is 12.1 Å². The smallest absolute Gasteiger partial charge is 0.149 e. The predicted molar refractivity (Wildman–Crippen MR) is 79.0 cm³/mol. The average molecular weight is 282 g/mol. The monoisotopic (exact) mass is 282 g/mol. The molecule has 0 bridgehead atoms. The number of nitrogens with two attached hydrogens (primary N) is 1. The molecule has 4 heteroatoms. The zero-order chi connectivity index (χ0) is 14.7. The van der Waals surface area contributed by atoms with Crippen LogP contribution in [0.4, 0.5) is 14.5 Å². The first-order valence-corrected chi connectivity index (χ1v) is 7.53. The van der Waals surface area contributed by atoms with E-state index in [0.29, 0.717) is 18.5 Å². The summed E-state index contributed by atoms with van der Waals surface area (Å²) in [7, 11) is 0. The van der Waals surface area contributed by atoms with Crippen molar-refractivity contribution in [2.24, 2.45) is 5.73 Å². The molecule has 1 atom stereocenters. The van der Waals surface area contributed by atoms with Gasteiger partial charge in [-0.25, -0.2) is 8.78 Å². The molecule has 0 aromatic heterocycles. The van der Waals surface area contributed by atoms with Crippen molar-refractivity contribution < 1.29 is 8.78 Å². The van der Waals surface area contributed by atoms with Crippen LogP contribution in [0, 0.1) is 11.6 Å². The van der Waals surface area contributed by atoms with Gasteiger partial charge in [0, 0.05) is 18.6 Å². The molecule has 1 aromatic rings. The van der Waals surface area contributed by atoms with Gasteiger partial charge < -0.3 is 10.6 Å². The van der Waals surface area contributed by atoms with Gasteiger partial charge in [0.2, 0.25) is 0 Å². The molecule has 0 saturated heterocycles. The number of hydrogen-bond acceptors (Lipinski definition) is 2. The molecule has 0 amide bonds. The summed E-state index contributed by atoms with van der Waals surface area (Å²) in [6.45, 7) is 4.42. The van der Waals surface area contributed by atoms with Gasteiger partial charge in [-0.05, 0) is 50.8 Å². The number of nitrogens with zero attached hydrogens (tertiary/aromatic N) is 1. The topological polar surface area (TPSA) is 29.3 Å². The summed E-state index contributed by atoms with van der Waals surface area (Å²) in [6, 6.07) is 3.03. The summed E-state index contributed by atoms with van der Waals surface area (Å²) in [4.78, 5) is 1.88. The van der Waals surface area contributed by atoms with E-state index in [0.717, 1.165) is 25.7 Å². The van der Waals surface area contributed by atoms with Crippen molar-refractivity contribution in [1.29, 1.82) is 0 Å². The maximum atomic E-state index is 14.3. The van der Waals surface area contributed by atoms with Crippen LogP contribution in [0.3, 0.4) is 0 Å². The molecule has 112 valence electrons. The Bertz CT molecular complexity index is 431. The first-order valence-electron chi connectivity index (χ1n) is 7.53. The van der Waals surface area contributed by atoms with Crippen molar-refractivity contribution in [3.8, 4) is 0 Å². The Kier molecular flexibility index (Phi) is 4.97. The van der Waals surface area contributed by atoms with Gasteiger partial charge in [0.25, 0.3) is 0 Å². The van der Waals surface area contributed by atoms with Gasteiger partial charge in [-0.15, -0.1) is 0 Å². The second-order valence-corrected chi connectivity index (χ2v) is 5.81. The molecule has 20 heavy (non-hydrogen) atoms. The third kappa shape index (κ3) is 3.29. The van der Waals surface area contributed by atoms with Crippen LogP contribution < -0.4 is 10.6 Å². The van der Waals surface area contributed by atoms with Crippen LogP contribution in [0.5, 0.6) is 0 Å². The average Bonchev–Trinajstić information content (AvgIpc) is 2.86. The maximum Gasteiger partial charge on any atom is 0.149 e. The highest BCUT2D eigenvalue weighted by Crippen LogP contribution is 2.32. The molecule has 2 nitrogen and oxygen atoms in total. The summed E-state index contributed by atoms with van der Waals surface area (Å²) in [5.74, 6) is -0.927. The van der Waals surface area contributed by atoms with Crippen LogP contribution in [0.25, 0.3) is 0 Å². The molecule has 1 fully saturated rings. The van der Waals surface area contributed by atoms with Crippen molar-refractivity contribution in [1.82, 2.24) is 0 Å². The van der Waals surface area contributed by atoms with Gasteiger partial charge in [0.1, 0.15) is 17.3 Å². The van der Waals surface area contributed by atoms with Crippen LogP contribution in [0.1, 0.15) is 45.1 Å². The molecular formula is C16H24F2N2. The molecule has 1 aromatic carbocycles. The third-order valence-electron chi connectivity index (χ3n) is 4.03. The van der Waals surface area contributed by atoms with Crippen molar-refractivity contribution in [2.75, 3.05) is 11.4 Å². The first-order chi connectivity index (χ1) is 9.52. The molecular weight excluding hydrogens is 258 g/mol. The van der Waals surface area contributed by atoms with Crippen LogP contribution in [-0.4, -0.2) is 18.6 Å². The van der Waals surface area contributed by atoms with E-state index in [2.05, 4.69) is 0 Å². The molecule has 0 radical (unpaired) electrons. The Morgan fingerprint density at radius 2 is 1.80 bits per heavy atom. The third-order valence-corrected chi connectivity index (χ3v) is 4.03. The molecule has 1 unspecified atom stereocenters. The zero-order valence-electron chi connectivity index (χ0n) is 12.3. The first kappa shape index (κ1) is 15.2. The van der Waals surface area contributed by atoms with E-state index in [1.54, 1.807) is 0 Å². The lowest BCUT2D eigenvalue weighted by atomic mass is 10.1. The minimum atomic E-state index is -0.464. The van der Waals surface area contributed by atoms with Gasteiger partial charge in [-0.1, -0.05) is 12.8 Å². The van der Waals surface area contributed by atoms with E-state index in [1.807, 2.05) is 18.7 Å². The van der Waals surface area contributed by atoms with Gasteiger partial charge in [-0.2, -0.15) is 0 Å². The summed E-state index contributed by atoms with van der Waals surface area (Å²) >= 11 is 0. The van der Waals surface area contributed by atoms with E-state index in [1.165, 1.54) is 12.1 Å². The van der Waals surface area contributed by atoms with Gasteiger partial charge in [-0.3, -0.25) is 0 Å². The number of benzene rings is 1. The van der Waals surface area contributed by atoms with E-state index in [9.17, 15) is 8.78 Å². The molecule has 1 aliphatic carbocycles. The minimum Gasteiger partial charge on any atom is -0.364 e. The standard InChI is InChI=1S/C16H24F2N2/c1-3-20(13-6-4-5-7-13)16-14(17)9-12(8-11(2)19)10-15(16)18/h9-11,13H,3-8,19H2,1-2H3. The summed E-state index contributed by atoms with van der Waals surface area (Å²) in [5.41, 5.74) is 6.45. The maximum absolute atomic E-state index is 14.3. The van der Waals surface area contributed by atoms with Gasteiger partial charge >= 0.3 is 0 Å². The number of anilines is 1. The predicted octanol–water partition coefficient (Wildman–Crippen LogP) is 3.62. The highest BCUT2D eigenvalue weighted by atomic mass is 19.1. The number of rotatable bonds is 5. The fourth-order valence-electron chi connectivity index (χ4n) is 3.20. The normalized spacial score (nSPS) is 17.4. The van der Waals surface area contributed by atoms with Crippen molar-refractivity contribution in [3.63, 3.8) is 0 Å². The Morgan fingerprint density at radius 3 is 2.25 bits per heavy atom. The van der Waals surface area contributed by atoms with E-state index in [4.69, 9.17) is 5.73 Å². The molecule has 1 aliphatic rings. The lowest BCUT2D eigenvalue weighted by Gasteiger charge is -2.30. The molecule has 2 rings (SSSR count). The van der Waals surface area contributed by atoms with E-state index < -0.39 is 11.6 Å². The zero-order valence-corrected chi connectivity index (χ0v) is 12.3. The van der Waals surface area contributed by atoms with Crippen LogP contribution >= 0.6 is 0 Å². The Labute approximate surface area is 120 Å². The molecule has 1 saturated carbocycles. The van der Waals surface area contributed by atoms with Crippen LogP contribution in [-0.2, 0) is 6.42 Å². The summed E-state index contributed by atoms with van der Waals surface area (Å²) in [6.07, 6.45) is 4.83. The SMILES string of the molecule is CCN(c1c(F)cc(CC(C)N)cc1F)C1CCCC1. The minimum absolute atomic E-state index is 0.100. The lowest BCUT2D eigenvalue weighted by molar-refractivity contribution is 0.538. The molecule has 0 spiro atoms. The highest BCUT2D eigenvalue weighted by molar-refractivity contribution is 5.52. The van der Waals surface area contributed by atoms with E-state index >= 15 is 0 Å². The number of hydrogen-bond donors (Lipinski definition) is 1. The van der Waals surface area contributed by atoms with E-state index in [-0.39, 0.29) is 17.8 Å². The number of halogens is 2. The van der Waals surface area contributed by atoms with Crippen molar-refractivity contribution >= 4 is 5.69 Å². The van der Waals surface area contributed by atoms with Gasteiger partial charge in [0.15, 0.2) is 0 Å². The summed E-state index contributed by atoms with van der Waals surface area (Å²) < 4.78 is 28.7. The van der Waals surface area contributed by atoms with Gasteiger partial charge in [0.05, 0.1) is 0 Å². The Hall–Kier alpha value is -1.16. The van der Waals surface area contributed by atoms with Crippen molar-refractivity contribution in [3.05, 3.63) is 29.3 Å². The molecule has 0 aliphatic heterocycles. The molecule has 2 N–H and O–H groups in total.